The SMILES string of the molecule is NC(=O)COCc1ccc(F)c(CCCc2ccc(CN3CCC(c4c[nH]c5ccccc45)CC3)cc2)c1. The van der Waals surface area contributed by atoms with Crippen LogP contribution in [0.25, 0.3) is 10.9 Å². The van der Waals surface area contributed by atoms with Gasteiger partial charge in [-0.15, -0.1) is 0 Å². The smallest absolute Gasteiger partial charge is 0.243 e. The Morgan fingerprint density at radius 2 is 1.71 bits per heavy atom. The Kier molecular flexibility index (Phi) is 8.51. The van der Waals surface area contributed by atoms with Gasteiger partial charge in [0.1, 0.15) is 12.4 Å². The number of rotatable bonds is 11. The van der Waals surface area contributed by atoms with Crippen LogP contribution >= 0.6 is 0 Å². The molecule has 6 heteroatoms. The van der Waals surface area contributed by atoms with E-state index >= 15 is 0 Å². The first kappa shape index (κ1) is 26.1. The zero-order valence-electron chi connectivity index (χ0n) is 21.8. The summed E-state index contributed by atoms with van der Waals surface area (Å²) in [7, 11) is 0. The molecule has 1 fully saturated rings. The van der Waals surface area contributed by atoms with E-state index in [0.29, 0.717) is 17.9 Å². The molecule has 0 spiro atoms. The Morgan fingerprint density at radius 1 is 0.974 bits per heavy atom. The molecule has 3 aromatic carbocycles. The number of nitrogens with zero attached hydrogens (tertiary/aromatic N) is 1. The second-order valence-corrected chi connectivity index (χ2v) is 10.4. The van der Waals surface area contributed by atoms with Crippen molar-refractivity contribution in [2.24, 2.45) is 5.73 Å². The minimum Gasteiger partial charge on any atom is -0.368 e. The molecule has 1 aliphatic rings. The molecule has 3 N–H and O–H groups in total. The van der Waals surface area contributed by atoms with Gasteiger partial charge in [0.05, 0.1) is 6.61 Å². The lowest BCUT2D eigenvalue weighted by Crippen LogP contribution is -2.32. The maximum atomic E-state index is 14.3. The molecule has 0 unspecified atom stereocenters. The average molecular weight is 514 g/mol. The fourth-order valence-electron chi connectivity index (χ4n) is 5.57. The summed E-state index contributed by atoms with van der Waals surface area (Å²) in [5.74, 6) is -0.0881. The number of aryl methyl sites for hydroxylation is 2. The summed E-state index contributed by atoms with van der Waals surface area (Å²) in [5, 5.41) is 1.37. The van der Waals surface area contributed by atoms with Gasteiger partial charge in [0, 0.05) is 23.6 Å². The second kappa shape index (κ2) is 12.4. The predicted octanol–water partition coefficient (Wildman–Crippen LogP) is 5.86. The van der Waals surface area contributed by atoms with E-state index in [2.05, 4.69) is 64.6 Å². The van der Waals surface area contributed by atoms with Crippen LogP contribution in [0.5, 0.6) is 0 Å². The number of H-pyrrole nitrogens is 1. The molecule has 0 saturated carbocycles. The number of carbonyl (C=O) groups is 1. The second-order valence-electron chi connectivity index (χ2n) is 10.4. The number of hydrogen-bond donors (Lipinski definition) is 2. The van der Waals surface area contributed by atoms with Gasteiger partial charge >= 0.3 is 0 Å². The Labute approximate surface area is 223 Å². The van der Waals surface area contributed by atoms with Crippen molar-refractivity contribution >= 4 is 16.8 Å². The summed E-state index contributed by atoms with van der Waals surface area (Å²) in [5.41, 5.74) is 11.9. The molecule has 198 valence electrons. The largest absolute Gasteiger partial charge is 0.368 e. The van der Waals surface area contributed by atoms with Gasteiger partial charge in [-0.05, 0) is 91.1 Å². The molecule has 1 aromatic heterocycles. The van der Waals surface area contributed by atoms with Crippen molar-refractivity contribution in [1.29, 1.82) is 0 Å². The number of aromatic amines is 1. The van der Waals surface area contributed by atoms with Crippen LogP contribution in [0.1, 0.15) is 53.0 Å². The van der Waals surface area contributed by atoms with Crippen molar-refractivity contribution in [3.05, 3.63) is 107 Å². The standard InChI is InChI=1S/C32H36FN3O2/c33-30-13-12-25(21-38-22-32(34)37)18-27(30)5-3-4-23-8-10-24(11-9-23)20-36-16-14-26(15-17-36)29-19-35-31-7-2-1-6-28(29)31/h1-2,6-13,18-19,26,35H,3-5,14-17,20-22H2,(H2,34,37). The number of ether oxygens (including phenoxy) is 1. The van der Waals surface area contributed by atoms with Crippen LogP contribution in [0.4, 0.5) is 4.39 Å². The highest BCUT2D eigenvalue weighted by molar-refractivity contribution is 5.83. The number of likely N-dealkylation sites (tertiary alicyclic amines) is 1. The summed E-state index contributed by atoms with van der Waals surface area (Å²) in [6, 6.07) is 22.4. The van der Waals surface area contributed by atoms with Crippen molar-refractivity contribution in [3.63, 3.8) is 0 Å². The van der Waals surface area contributed by atoms with Crippen LogP contribution in [-0.2, 0) is 35.5 Å². The lowest BCUT2D eigenvalue weighted by atomic mass is 9.89. The van der Waals surface area contributed by atoms with Crippen molar-refractivity contribution in [2.45, 2.75) is 51.2 Å². The predicted molar refractivity (Wildman–Crippen MR) is 149 cm³/mol. The van der Waals surface area contributed by atoms with Gasteiger partial charge in [0.15, 0.2) is 0 Å². The number of halogens is 1. The molecule has 5 nitrogen and oxygen atoms in total. The highest BCUT2D eigenvalue weighted by Crippen LogP contribution is 2.33. The molecule has 1 amide bonds. The molecular formula is C32H36FN3O2. The quantitative estimate of drug-likeness (QED) is 0.264. The minimum atomic E-state index is -0.510. The molecular weight excluding hydrogens is 477 g/mol. The van der Waals surface area contributed by atoms with Gasteiger partial charge in [0.2, 0.25) is 5.91 Å². The Morgan fingerprint density at radius 3 is 2.50 bits per heavy atom. The molecule has 2 heterocycles. The number of hydrogen-bond acceptors (Lipinski definition) is 3. The monoisotopic (exact) mass is 513 g/mol. The zero-order valence-corrected chi connectivity index (χ0v) is 21.8. The van der Waals surface area contributed by atoms with Crippen LogP contribution in [0.3, 0.4) is 0 Å². The third kappa shape index (κ3) is 6.69. The molecule has 1 aliphatic heterocycles. The van der Waals surface area contributed by atoms with E-state index in [4.69, 9.17) is 10.5 Å². The van der Waals surface area contributed by atoms with Crippen LogP contribution in [0.2, 0.25) is 0 Å². The maximum Gasteiger partial charge on any atom is 0.243 e. The number of fused-ring (bicyclic) bond motifs is 1. The maximum absolute atomic E-state index is 14.3. The molecule has 5 rings (SSSR count). The van der Waals surface area contributed by atoms with Crippen molar-refractivity contribution in [2.75, 3.05) is 19.7 Å². The molecule has 4 aromatic rings. The summed E-state index contributed by atoms with van der Waals surface area (Å²) < 4.78 is 19.5. The molecule has 0 aliphatic carbocycles. The van der Waals surface area contributed by atoms with Gasteiger partial charge < -0.3 is 15.5 Å². The number of nitrogens with two attached hydrogens (primary N) is 1. The number of carbonyl (C=O) groups excluding carboxylic acids is 1. The van der Waals surface area contributed by atoms with E-state index in [0.717, 1.165) is 38.0 Å². The number of nitrogens with one attached hydrogen (secondary N) is 1. The van der Waals surface area contributed by atoms with Crippen LogP contribution in [-0.4, -0.2) is 35.5 Å². The van der Waals surface area contributed by atoms with Crippen LogP contribution in [0, 0.1) is 5.82 Å². The summed E-state index contributed by atoms with van der Waals surface area (Å²) in [4.78, 5) is 16.8. The van der Waals surface area contributed by atoms with Gasteiger partial charge in [-0.3, -0.25) is 9.69 Å². The summed E-state index contributed by atoms with van der Waals surface area (Å²) in [6.07, 6.45) is 7.00. The Bertz CT molecular complexity index is 1360. The normalized spacial score (nSPS) is 14.8. The lowest BCUT2D eigenvalue weighted by molar-refractivity contribution is -0.122. The number of benzene rings is 3. The highest BCUT2D eigenvalue weighted by Gasteiger charge is 2.22. The van der Waals surface area contributed by atoms with E-state index in [-0.39, 0.29) is 19.0 Å². The average Bonchev–Trinajstić information content (AvgIpc) is 3.36. The number of primary amides is 1. The van der Waals surface area contributed by atoms with E-state index < -0.39 is 5.91 Å². The van der Waals surface area contributed by atoms with Crippen molar-refractivity contribution in [1.82, 2.24) is 9.88 Å². The first-order chi connectivity index (χ1) is 18.5. The van der Waals surface area contributed by atoms with E-state index in [1.165, 1.54) is 46.5 Å². The lowest BCUT2D eigenvalue weighted by Gasteiger charge is -2.32. The van der Waals surface area contributed by atoms with E-state index in [9.17, 15) is 9.18 Å². The highest BCUT2D eigenvalue weighted by atomic mass is 19.1. The topological polar surface area (TPSA) is 71.4 Å². The van der Waals surface area contributed by atoms with E-state index in [1.54, 1.807) is 6.07 Å². The fourth-order valence-corrected chi connectivity index (χ4v) is 5.57. The van der Waals surface area contributed by atoms with Crippen molar-refractivity contribution < 1.29 is 13.9 Å². The number of aromatic nitrogens is 1. The fraction of sp³-hybridized carbons (Fsp3) is 0.344. The van der Waals surface area contributed by atoms with Gasteiger partial charge in [-0.25, -0.2) is 4.39 Å². The van der Waals surface area contributed by atoms with Crippen molar-refractivity contribution in [3.8, 4) is 0 Å². The third-order valence-corrected chi connectivity index (χ3v) is 7.61. The summed E-state index contributed by atoms with van der Waals surface area (Å²) >= 11 is 0. The molecule has 0 atom stereocenters. The number of piperidine rings is 1. The van der Waals surface area contributed by atoms with Crippen LogP contribution < -0.4 is 5.73 Å². The zero-order chi connectivity index (χ0) is 26.3. The third-order valence-electron chi connectivity index (χ3n) is 7.61. The number of amides is 1. The van der Waals surface area contributed by atoms with Crippen LogP contribution in [0.15, 0.2) is 72.9 Å². The molecule has 0 radical (unpaired) electrons. The molecule has 0 bridgehead atoms. The van der Waals surface area contributed by atoms with Gasteiger partial charge in [0.25, 0.3) is 0 Å². The minimum absolute atomic E-state index is 0.133. The van der Waals surface area contributed by atoms with Gasteiger partial charge in [-0.2, -0.15) is 0 Å². The number of para-hydroxylation sites is 1. The Hall–Kier alpha value is -3.48. The Balaban J connectivity index is 1.07. The first-order valence-corrected chi connectivity index (χ1v) is 13.5. The van der Waals surface area contributed by atoms with E-state index in [1.807, 2.05) is 6.07 Å². The molecule has 1 saturated heterocycles. The molecule has 38 heavy (non-hydrogen) atoms. The summed E-state index contributed by atoms with van der Waals surface area (Å²) in [6.45, 7) is 3.33. The first-order valence-electron chi connectivity index (χ1n) is 13.5. The van der Waals surface area contributed by atoms with Gasteiger partial charge in [-0.1, -0.05) is 54.6 Å².